The Morgan fingerprint density at radius 2 is 1.72 bits per heavy atom. The van der Waals surface area contributed by atoms with E-state index in [2.05, 4.69) is 18.7 Å². The minimum Gasteiger partial charge on any atom is -0.848 e. The zero-order valence-electron chi connectivity index (χ0n) is 12.2. The van der Waals surface area contributed by atoms with E-state index in [0.717, 1.165) is 45.1 Å². The molecule has 0 N–H and O–H groups in total. The second-order valence-corrected chi connectivity index (χ2v) is 6.89. The third-order valence-electron chi connectivity index (χ3n) is 5.82. The third kappa shape index (κ3) is 2.00. The van der Waals surface area contributed by atoms with Crippen molar-refractivity contribution in [3.63, 3.8) is 0 Å². The smallest absolute Gasteiger partial charge is 0.848 e. The summed E-state index contributed by atoms with van der Waals surface area (Å²) < 4.78 is 5.39. The van der Waals surface area contributed by atoms with E-state index in [-0.39, 0.29) is 30.3 Å². The molecule has 0 unspecified atom stereocenters. The summed E-state index contributed by atoms with van der Waals surface area (Å²) in [6.07, 6.45) is 2.26. The average Bonchev–Trinajstić information content (AvgIpc) is 2.28. The van der Waals surface area contributed by atoms with Gasteiger partial charge in [-0.15, -0.1) is 0 Å². The van der Waals surface area contributed by atoms with Crippen molar-refractivity contribution in [1.82, 2.24) is 4.90 Å². The van der Waals surface area contributed by atoms with E-state index < -0.39 is 5.60 Å². The Morgan fingerprint density at radius 1 is 1.11 bits per heavy atom. The van der Waals surface area contributed by atoms with Gasteiger partial charge >= 0.3 is 18.9 Å². The summed E-state index contributed by atoms with van der Waals surface area (Å²) in [5, 5.41) is 13.1. The molecular formula is C14H24LiNO2. The fraction of sp³-hybridized carbons (Fsp3) is 1.00. The normalized spacial score (nSPS) is 47.0. The maximum Gasteiger partial charge on any atom is 1.00 e. The summed E-state index contributed by atoms with van der Waals surface area (Å²) in [7, 11) is 0. The molecule has 98 valence electrons. The molecule has 0 amide bonds. The standard InChI is InChI=1S/C14H24NO2.Li/c1-13(2)10-8-11(13)14(3,16)12(9-10)15-4-6-17-7-5-15;/h10-12H,4-9H2,1-3H3;/q-1;+1/t10-,11-,12-,14-;/m0./s1. The van der Waals surface area contributed by atoms with Crippen LogP contribution in [-0.2, 0) is 4.74 Å². The molecule has 4 fully saturated rings. The number of rotatable bonds is 1. The predicted molar refractivity (Wildman–Crippen MR) is 64.6 cm³/mol. The number of hydrogen-bond donors (Lipinski definition) is 0. The van der Waals surface area contributed by atoms with Crippen molar-refractivity contribution in [3.8, 4) is 0 Å². The van der Waals surface area contributed by atoms with E-state index in [1.54, 1.807) is 0 Å². The first-order valence-electron chi connectivity index (χ1n) is 6.96. The number of hydrogen-bond acceptors (Lipinski definition) is 3. The Morgan fingerprint density at radius 3 is 2.22 bits per heavy atom. The van der Waals surface area contributed by atoms with Crippen LogP contribution in [0.3, 0.4) is 0 Å². The van der Waals surface area contributed by atoms with Gasteiger partial charge in [-0.3, -0.25) is 4.90 Å². The van der Waals surface area contributed by atoms with Crippen molar-refractivity contribution in [3.05, 3.63) is 0 Å². The fourth-order valence-electron chi connectivity index (χ4n) is 4.53. The van der Waals surface area contributed by atoms with Gasteiger partial charge in [-0.1, -0.05) is 26.4 Å². The van der Waals surface area contributed by atoms with E-state index in [1.165, 1.54) is 0 Å². The molecule has 1 aliphatic heterocycles. The van der Waals surface area contributed by atoms with Crippen molar-refractivity contribution in [1.29, 1.82) is 0 Å². The van der Waals surface area contributed by atoms with Crippen molar-refractivity contribution in [2.24, 2.45) is 17.3 Å². The maximum absolute atomic E-state index is 13.1. The van der Waals surface area contributed by atoms with Gasteiger partial charge in [-0.2, -0.15) is 0 Å². The Bertz CT molecular complexity index is 313. The summed E-state index contributed by atoms with van der Waals surface area (Å²) >= 11 is 0. The molecule has 1 heterocycles. The van der Waals surface area contributed by atoms with Gasteiger partial charge in [-0.25, -0.2) is 0 Å². The van der Waals surface area contributed by atoms with E-state index in [4.69, 9.17) is 4.74 Å². The van der Waals surface area contributed by atoms with Crippen LogP contribution in [0.2, 0.25) is 0 Å². The second kappa shape index (κ2) is 4.79. The Kier molecular flexibility index (Phi) is 3.96. The molecule has 1 saturated heterocycles. The molecule has 3 nitrogen and oxygen atoms in total. The van der Waals surface area contributed by atoms with Crippen LogP contribution >= 0.6 is 0 Å². The van der Waals surface area contributed by atoms with E-state index >= 15 is 0 Å². The van der Waals surface area contributed by atoms with Crippen LogP contribution in [0.25, 0.3) is 0 Å². The molecule has 4 heteroatoms. The molecule has 3 saturated carbocycles. The molecule has 0 spiro atoms. The Labute approximate surface area is 122 Å². The van der Waals surface area contributed by atoms with Crippen LogP contribution in [0.5, 0.6) is 0 Å². The average molecular weight is 245 g/mol. The van der Waals surface area contributed by atoms with Crippen LogP contribution in [0.1, 0.15) is 33.6 Å². The van der Waals surface area contributed by atoms with Gasteiger partial charge in [0.05, 0.1) is 13.2 Å². The molecule has 0 aromatic rings. The fourth-order valence-corrected chi connectivity index (χ4v) is 4.53. The summed E-state index contributed by atoms with van der Waals surface area (Å²) in [4.78, 5) is 2.39. The minimum absolute atomic E-state index is 0. The van der Waals surface area contributed by atoms with Crippen LogP contribution in [0.4, 0.5) is 0 Å². The van der Waals surface area contributed by atoms with Gasteiger partial charge in [0.15, 0.2) is 0 Å². The van der Waals surface area contributed by atoms with Crippen LogP contribution in [0, 0.1) is 17.3 Å². The van der Waals surface area contributed by atoms with Gasteiger partial charge < -0.3 is 9.84 Å². The van der Waals surface area contributed by atoms with Gasteiger partial charge in [-0.05, 0) is 30.1 Å². The third-order valence-corrected chi connectivity index (χ3v) is 5.82. The van der Waals surface area contributed by atoms with E-state index in [9.17, 15) is 5.11 Å². The zero-order chi connectivity index (χ0) is 12.3. The summed E-state index contributed by atoms with van der Waals surface area (Å²) in [6, 6.07) is 0.239. The van der Waals surface area contributed by atoms with Crippen LogP contribution in [-0.4, -0.2) is 42.8 Å². The number of ether oxygens (including phenoxy) is 1. The SMILES string of the molecule is CC1(C)[C@@H]2C[C@H](N3CCOCC3)[C@@](C)([O-])[C@H]1C2.[Li+]. The Balaban J connectivity index is 0.00000120. The number of fused-ring (bicyclic) bond motifs is 2. The molecule has 0 aromatic heterocycles. The summed E-state index contributed by atoms with van der Waals surface area (Å²) in [6.45, 7) is 10.0. The van der Waals surface area contributed by atoms with Crippen LogP contribution in [0.15, 0.2) is 0 Å². The molecule has 2 bridgehead atoms. The monoisotopic (exact) mass is 245 g/mol. The number of nitrogens with zero attached hydrogens (tertiary/aromatic N) is 1. The van der Waals surface area contributed by atoms with Crippen LogP contribution < -0.4 is 24.0 Å². The first-order valence-corrected chi connectivity index (χ1v) is 6.96. The first kappa shape index (κ1) is 14.9. The topological polar surface area (TPSA) is 35.5 Å². The van der Waals surface area contributed by atoms with E-state index in [0.29, 0.717) is 5.92 Å². The van der Waals surface area contributed by atoms with Gasteiger partial charge in [0, 0.05) is 19.1 Å². The van der Waals surface area contributed by atoms with Crippen molar-refractivity contribution < 1.29 is 28.7 Å². The minimum atomic E-state index is -0.768. The quantitative estimate of drug-likeness (QED) is 0.495. The number of morpholine rings is 1. The molecule has 4 aliphatic rings. The van der Waals surface area contributed by atoms with Gasteiger partial charge in [0.1, 0.15) is 0 Å². The molecule has 3 aliphatic carbocycles. The van der Waals surface area contributed by atoms with Crippen molar-refractivity contribution in [2.45, 2.75) is 45.3 Å². The zero-order valence-corrected chi connectivity index (χ0v) is 12.2. The molecule has 4 rings (SSSR count). The van der Waals surface area contributed by atoms with Gasteiger partial charge in [0.2, 0.25) is 0 Å². The summed E-state index contributed by atoms with van der Waals surface area (Å²) in [5.41, 5.74) is -0.491. The second-order valence-electron chi connectivity index (χ2n) is 6.89. The van der Waals surface area contributed by atoms with Crippen molar-refractivity contribution in [2.75, 3.05) is 26.3 Å². The van der Waals surface area contributed by atoms with Crippen molar-refractivity contribution >= 4 is 0 Å². The molecule has 18 heavy (non-hydrogen) atoms. The predicted octanol–water partition coefficient (Wildman–Crippen LogP) is -2.12. The molecular weight excluding hydrogens is 221 g/mol. The first-order chi connectivity index (χ1) is 7.94. The van der Waals surface area contributed by atoms with E-state index in [1.807, 2.05) is 6.92 Å². The maximum atomic E-state index is 13.1. The van der Waals surface area contributed by atoms with Gasteiger partial charge in [0.25, 0.3) is 0 Å². The molecule has 4 atom stereocenters. The largest absolute Gasteiger partial charge is 1.00 e. The Hall–Kier alpha value is 0.477. The molecule has 0 radical (unpaired) electrons. The molecule has 0 aromatic carbocycles. The summed E-state index contributed by atoms with van der Waals surface area (Å²) in [5.74, 6) is 1.13.